The van der Waals surface area contributed by atoms with Crippen molar-refractivity contribution in [3.63, 3.8) is 0 Å². The van der Waals surface area contributed by atoms with Gasteiger partial charge in [0.15, 0.2) is 0 Å². The molecule has 336 valence electrons. The molecule has 13 rings (SSSR count). The van der Waals surface area contributed by atoms with Crippen molar-refractivity contribution in [3.8, 4) is 66.8 Å². The van der Waals surface area contributed by atoms with Crippen molar-refractivity contribution in [3.05, 3.63) is 306 Å². The molecule has 0 unspecified atom stereocenters. The molecular formula is C70H51N. The standard InChI is InChI=1S/C70H51N/c1-69(2)62-37-19-18-34-60(62)67-56(35-21-39-65(67)69)50-41-43-53(44-42-50)71(66-40-22-36-57(49-25-9-4-10-26-49)68(66)59-33-16-15-31-55(59)48-23-7-3-8-24-48)54-45-46-64-61(47-54)58-32-17-20-38-63(58)70(64,51-27-11-5-12-28-51)52-29-13-6-14-30-52/h3-47H,1-2H3. The molecule has 11 aromatic carbocycles. The summed E-state index contributed by atoms with van der Waals surface area (Å²) in [4.78, 5) is 2.51. The molecule has 0 aromatic heterocycles. The van der Waals surface area contributed by atoms with Gasteiger partial charge in [-0.25, -0.2) is 0 Å². The van der Waals surface area contributed by atoms with E-state index in [0.717, 1.165) is 17.1 Å². The van der Waals surface area contributed by atoms with Gasteiger partial charge in [-0.1, -0.05) is 257 Å². The third kappa shape index (κ3) is 6.68. The molecule has 71 heavy (non-hydrogen) atoms. The van der Waals surface area contributed by atoms with Gasteiger partial charge in [0.05, 0.1) is 11.1 Å². The van der Waals surface area contributed by atoms with Crippen LogP contribution in [-0.4, -0.2) is 0 Å². The molecule has 0 fully saturated rings. The number of nitrogens with zero attached hydrogens (tertiary/aromatic N) is 1. The third-order valence-corrected chi connectivity index (χ3v) is 15.4. The summed E-state index contributed by atoms with van der Waals surface area (Å²) in [5, 5.41) is 0. The SMILES string of the molecule is CC1(C)c2ccccc2-c2c(-c3ccc(N(c4ccc5c(c4)-c4ccccc4C5(c4ccccc4)c4ccccc4)c4cccc(-c5ccccc5)c4-c4ccccc4-c4ccccc4)cc3)cccc21. The normalized spacial score (nSPS) is 13.4. The maximum absolute atomic E-state index is 2.51. The van der Waals surface area contributed by atoms with Crippen molar-refractivity contribution in [2.24, 2.45) is 0 Å². The van der Waals surface area contributed by atoms with E-state index in [4.69, 9.17) is 0 Å². The van der Waals surface area contributed by atoms with Gasteiger partial charge in [0.2, 0.25) is 0 Å². The smallest absolute Gasteiger partial charge is 0.0713 e. The van der Waals surface area contributed by atoms with Gasteiger partial charge in [0, 0.05) is 22.4 Å². The maximum atomic E-state index is 2.51. The zero-order valence-corrected chi connectivity index (χ0v) is 39.9. The van der Waals surface area contributed by atoms with E-state index in [1.165, 1.54) is 100 Å². The summed E-state index contributed by atoms with van der Waals surface area (Å²) in [7, 11) is 0. The van der Waals surface area contributed by atoms with E-state index in [-0.39, 0.29) is 5.41 Å². The highest BCUT2D eigenvalue weighted by atomic mass is 15.1. The van der Waals surface area contributed by atoms with E-state index in [9.17, 15) is 0 Å². The van der Waals surface area contributed by atoms with Crippen molar-refractivity contribution in [1.82, 2.24) is 0 Å². The molecule has 1 heteroatoms. The fraction of sp³-hybridized carbons (Fsp3) is 0.0571. The Bertz CT molecular complexity index is 3720. The molecule has 0 heterocycles. The minimum absolute atomic E-state index is 0.0836. The minimum Gasteiger partial charge on any atom is -0.310 e. The first kappa shape index (κ1) is 42.3. The predicted octanol–water partition coefficient (Wildman–Crippen LogP) is 18.5. The summed E-state index contributed by atoms with van der Waals surface area (Å²) in [6, 6.07) is 101. The molecule has 0 radical (unpaired) electrons. The molecule has 0 aliphatic heterocycles. The highest BCUT2D eigenvalue weighted by Gasteiger charge is 2.46. The number of fused-ring (bicyclic) bond motifs is 6. The molecule has 11 aromatic rings. The maximum Gasteiger partial charge on any atom is 0.0713 e. The first-order chi connectivity index (χ1) is 35.0. The van der Waals surface area contributed by atoms with Gasteiger partial charge in [0.25, 0.3) is 0 Å². The first-order valence-corrected chi connectivity index (χ1v) is 24.8. The van der Waals surface area contributed by atoms with Crippen LogP contribution in [-0.2, 0) is 10.8 Å². The van der Waals surface area contributed by atoms with Gasteiger partial charge >= 0.3 is 0 Å². The van der Waals surface area contributed by atoms with Crippen LogP contribution in [0.3, 0.4) is 0 Å². The summed E-state index contributed by atoms with van der Waals surface area (Å²) in [5.74, 6) is 0. The largest absolute Gasteiger partial charge is 0.310 e. The van der Waals surface area contributed by atoms with Crippen LogP contribution in [0.25, 0.3) is 66.8 Å². The van der Waals surface area contributed by atoms with Gasteiger partial charge in [-0.05, 0) is 125 Å². The average molecular weight is 906 g/mol. The van der Waals surface area contributed by atoms with Crippen LogP contribution in [0.5, 0.6) is 0 Å². The second-order valence-corrected chi connectivity index (χ2v) is 19.5. The Kier molecular flexibility index (Phi) is 10.1. The van der Waals surface area contributed by atoms with Gasteiger partial charge in [-0.2, -0.15) is 0 Å². The van der Waals surface area contributed by atoms with E-state index in [1.54, 1.807) is 0 Å². The Morgan fingerprint density at radius 3 is 1.35 bits per heavy atom. The molecule has 1 nitrogen and oxygen atoms in total. The van der Waals surface area contributed by atoms with E-state index in [1.807, 2.05) is 0 Å². The zero-order chi connectivity index (χ0) is 47.5. The molecule has 0 saturated heterocycles. The van der Waals surface area contributed by atoms with Crippen molar-refractivity contribution in [1.29, 1.82) is 0 Å². The van der Waals surface area contributed by atoms with Crippen molar-refractivity contribution < 1.29 is 0 Å². The van der Waals surface area contributed by atoms with Crippen LogP contribution in [0.15, 0.2) is 273 Å². The molecule has 0 saturated carbocycles. The lowest BCUT2D eigenvalue weighted by atomic mass is 9.68. The highest BCUT2D eigenvalue weighted by Crippen LogP contribution is 2.58. The van der Waals surface area contributed by atoms with Crippen LogP contribution in [0, 0.1) is 0 Å². The molecule has 0 spiro atoms. The summed E-state index contributed by atoms with van der Waals surface area (Å²) in [6.45, 7) is 4.72. The van der Waals surface area contributed by atoms with Gasteiger partial charge < -0.3 is 4.90 Å². The number of anilines is 3. The monoisotopic (exact) mass is 905 g/mol. The number of hydrogen-bond donors (Lipinski definition) is 0. The fourth-order valence-corrected chi connectivity index (χ4v) is 12.2. The minimum atomic E-state index is -0.504. The van der Waals surface area contributed by atoms with Gasteiger partial charge in [-0.15, -0.1) is 0 Å². The number of hydrogen-bond acceptors (Lipinski definition) is 1. The second-order valence-electron chi connectivity index (χ2n) is 19.5. The van der Waals surface area contributed by atoms with Crippen LogP contribution < -0.4 is 4.90 Å². The van der Waals surface area contributed by atoms with Crippen molar-refractivity contribution >= 4 is 17.1 Å². The Morgan fingerprint density at radius 2 is 0.704 bits per heavy atom. The second kappa shape index (κ2) is 17.0. The Hall–Kier alpha value is -8.78. The zero-order valence-electron chi connectivity index (χ0n) is 39.9. The van der Waals surface area contributed by atoms with Gasteiger partial charge in [-0.3, -0.25) is 0 Å². The highest BCUT2D eigenvalue weighted by molar-refractivity contribution is 6.02. The van der Waals surface area contributed by atoms with Gasteiger partial charge in [0.1, 0.15) is 0 Å². The van der Waals surface area contributed by atoms with Crippen LogP contribution >= 0.6 is 0 Å². The lowest BCUT2D eigenvalue weighted by molar-refractivity contribution is 0.660. The van der Waals surface area contributed by atoms with E-state index in [0.29, 0.717) is 0 Å². The molecule has 2 aliphatic rings. The molecule has 2 aliphatic carbocycles. The van der Waals surface area contributed by atoms with Crippen LogP contribution in [0.4, 0.5) is 17.1 Å². The molecule has 0 atom stereocenters. The Labute approximate surface area is 417 Å². The summed E-state index contributed by atoms with van der Waals surface area (Å²) < 4.78 is 0. The van der Waals surface area contributed by atoms with Crippen LogP contribution in [0.1, 0.15) is 47.2 Å². The quantitative estimate of drug-likeness (QED) is 0.139. The average Bonchev–Trinajstić information content (AvgIpc) is 3.87. The Morgan fingerprint density at radius 1 is 0.268 bits per heavy atom. The van der Waals surface area contributed by atoms with Crippen molar-refractivity contribution in [2.75, 3.05) is 4.90 Å². The number of rotatable bonds is 9. The molecule has 0 N–H and O–H groups in total. The Balaban J connectivity index is 1.07. The number of benzene rings is 11. The lowest BCUT2D eigenvalue weighted by Gasteiger charge is -2.34. The molecule has 0 bridgehead atoms. The lowest BCUT2D eigenvalue weighted by Crippen LogP contribution is -2.28. The third-order valence-electron chi connectivity index (χ3n) is 15.4. The van der Waals surface area contributed by atoms with E-state index < -0.39 is 5.41 Å². The van der Waals surface area contributed by atoms with Crippen molar-refractivity contribution in [2.45, 2.75) is 24.7 Å². The fourth-order valence-electron chi connectivity index (χ4n) is 12.2. The van der Waals surface area contributed by atoms with E-state index >= 15 is 0 Å². The molecule has 0 amide bonds. The molecular weight excluding hydrogens is 855 g/mol. The summed E-state index contributed by atoms with van der Waals surface area (Å²) in [6.07, 6.45) is 0. The predicted molar refractivity (Wildman–Crippen MR) is 298 cm³/mol. The van der Waals surface area contributed by atoms with Crippen LogP contribution in [0.2, 0.25) is 0 Å². The first-order valence-electron chi connectivity index (χ1n) is 24.8. The van der Waals surface area contributed by atoms with E-state index in [2.05, 4.69) is 292 Å². The summed E-state index contributed by atoms with van der Waals surface area (Å²) in [5.41, 5.74) is 25.2. The summed E-state index contributed by atoms with van der Waals surface area (Å²) >= 11 is 0. The topological polar surface area (TPSA) is 3.24 Å².